The number of nitrogens with one attached hydrogen (secondary N) is 2. The van der Waals surface area contributed by atoms with Crippen molar-refractivity contribution < 1.29 is 14.3 Å². The Kier molecular flexibility index (Phi) is 4.68. The molecule has 22 heavy (non-hydrogen) atoms. The zero-order valence-corrected chi connectivity index (χ0v) is 12.1. The third-order valence-corrected chi connectivity index (χ3v) is 3.34. The molecule has 0 spiro atoms. The molecule has 1 aliphatic rings. The van der Waals surface area contributed by atoms with Crippen LogP contribution in [0.1, 0.15) is 0 Å². The molecule has 5 nitrogen and oxygen atoms in total. The van der Waals surface area contributed by atoms with Crippen molar-refractivity contribution >= 4 is 11.6 Å². The Hall–Kier alpha value is -2.37. The highest BCUT2D eigenvalue weighted by Crippen LogP contribution is 2.22. The van der Waals surface area contributed by atoms with Gasteiger partial charge in [-0.05, 0) is 36.4 Å². The monoisotopic (exact) mass is 298 g/mol. The zero-order chi connectivity index (χ0) is 15.2. The van der Waals surface area contributed by atoms with E-state index < -0.39 is 0 Å². The lowest BCUT2D eigenvalue weighted by Crippen LogP contribution is -2.48. The number of para-hydroxylation sites is 1. The SMILES string of the molecule is O=C(Nc1ccc(Oc2ccccc2)cc1)C1COCCN1. The molecule has 1 amide bonds. The molecule has 0 aromatic heterocycles. The van der Waals surface area contributed by atoms with Gasteiger partial charge in [-0.1, -0.05) is 18.2 Å². The van der Waals surface area contributed by atoms with Crippen LogP contribution >= 0.6 is 0 Å². The number of morpholine rings is 1. The van der Waals surface area contributed by atoms with Gasteiger partial charge in [-0.2, -0.15) is 0 Å². The maximum Gasteiger partial charge on any atom is 0.243 e. The molecule has 114 valence electrons. The van der Waals surface area contributed by atoms with E-state index in [-0.39, 0.29) is 11.9 Å². The Morgan fingerprint density at radius 1 is 1.09 bits per heavy atom. The fraction of sp³-hybridized carbons (Fsp3) is 0.235. The van der Waals surface area contributed by atoms with Gasteiger partial charge in [0.05, 0.1) is 13.2 Å². The second kappa shape index (κ2) is 7.06. The molecule has 0 saturated carbocycles. The maximum atomic E-state index is 12.1. The number of anilines is 1. The predicted molar refractivity (Wildman–Crippen MR) is 84.2 cm³/mol. The normalized spacial score (nSPS) is 17.7. The number of hydrogen-bond donors (Lipinski definition) is 2. The standard InChI is InChI=1S/C17H18N2O3/c20-17(16-12-21-11-10-18-16)19-13-6-8-15(9-7-13)22-14-4-2-1-3-5-14/h1-9,16,18H,10-12H2,(H,19,20). The summed E-state index contributed by atoms with van der Waals surface area (Å²) in [4.78, 5) is 12.1. The molecule has 3 rings (SSSR count). The topological polar surface area (TPSA) is 59.6 Å². The van der Waals surface area contributed by atoms with E-state index >= 15 is 0 Å². The Labute approximate surface area is 129 Å². The first kappa shape index (κ1) is 14.6. The first-order valence-corrected chi connectivity index (χ1v) is 7.26. The number of ether oxygens (including phenoxy) is 2. The molecule has 2 N–H and O–H groups in total. The molecule has 1 heterocycles. The zero-order valence-electron chi connectivity index (χ0n) is 12.1. The second-order valence-electron chi connectivity index (χ2n) is 5.01. The molecule has 2 aromatic rings. The van der Waals surface area contributed by atoms with Gasteiger partial charge in [0.25, 0.3) is 0 Å². The number of carbonyl (C=O) groups excluding carboxylic acids is 1. The molecule has 0 aliphatic carbocycles. The van der Waals surface area contributed by atoms with Crippen LogP contribution in [0.4, 0.5) is 5.69 Å². The smallest absolute Gasteiger partial charge is 0.243 e. The van der Waals surface area contributed by atoms with Crippen LogP contribution in [0.3, 0.4) is 0 Å². The molecular formula is C17H18N2O3. The lowest BCUT2D eigenvalue weighted by atomic mass is 10.2. The molecule has 1 saturated heterocycles. The van der Waals surface area contributed by atoms with Crippen LogP contribution in [0.2, 0.25) is 0 Å². The van der Waals surface area contributed by atoms with E-state index in [4.69, 9.17) is 9.47 Å². The summed E-state index contributed by atoms with van der Waals surface area (Å²) in [7, 11) is 0. The number of hydrogen-bond acceptors (Lipinski definition) is 4. The van der Waals surface area contributed by atoms with Crippen molar-refractivity contribution in [2.45, 2.75) is 6.04 Å². The summed E-state index contributed by atoms with van der Waals surface area (Å²) in [6, 6.07) is 16.6. The highest BCUT2D eigenvalue weighted by molar-refractivity contribution is 5.95. The van der Waals surface area contributed by atoms with Crippen molar-refractivity contribution in [1.29, 1.82) is 0 Å². The maximum absolute atomic E-state index is 12.1. The van der Waals surface area contributed by atoms with Crippen molar-refractivity contribution in [3.05, 3.63) is 54.6 Å². The van der Waals surface area contributed by atoms with Crippen LogP contribution in [0.15, 0.2) is 54.6 Å². The third kappa shape index (κ3) is 3.84. The summed E-state index contributed by atoms with van der Waals surface area (Å²) in [5, 5.41) is 5.99. The van der Waals surface area contributed by atoms with Gasteiger partial charge in [-0.15, -0.1) is 0 Å². The summed E-state index contributed by atoms with van der Waals surface area (Å²) < 4.78 is 11.0. The quantitative estimate of drug-likeness (QED) is 0.910. The van der Waals surface area contributed by atoms with Gasteiger partial charge in [-0.3, -0.25) is 4.79 Å². The lowest BCUT2D eigenvalue weighted by molar-refractivity contribution is -0.120. The molecule has 1 atom stereocenters. The van der Waals surface area contributed by atoms with E-state index in [1.807, 2.05) is 54.6 Å². The first-order valence-electron chi connectivity index (χ1n) is 7.26. The average molecular weight is 298 g/mol. The molecule has 2 aromatic carbocycles. The van der Waals surface area contributed by atoms with E-state index in [0.717, 1.165) is 17.2 Å². The van der Waals surface area contributed by atoms with Gasteiger partial charge in [-0.25, -0.2) is 0 Å². The van der Waals surface area contributed by atoms with Crippen LogP contribution in [0.5, 0.6) is 11.5 Å². The van der Waals surface area contributed by atoms with E-state index in [1.54, 1.807) is 0 Å². The van der Waals surface area contributed by atoms with Gasteiger partial charge >= 0.3 is 0 Å². The van der Waals surface area contributed by atoms with E-state index in [9.17, 15) is 4.79 Å². The van der Waals surface area contributed by atoms with E-state index in [0.29, 0.717) is 19.8 Å². The summed E-state index contributed by atoms with van der Waals surface area (Å²) in [6.07, 6.45) is 0. The van der Waals surface area contributed by atoms with Gasteiger partial charge in [0.1, 0.15) is 17.5 Å². The summed E-state index contributed by atoms with van der Waals surface area (Å²) in [5.74, 6) is 1.42. The number of benzene rings is 2. The largest absolute Gasteiger partial charge is 0.457 e. The highest BCUT2D eigenvalue weighted by atomic mass is 16.5. The van der Waals surface area contributed by atoms with Crippen molar-refractivity contribution in [3.63, 3.8) is 0 Å². The van der Waals surface area contributed by atoms with Crippen LogP contribution in [0.25, 0.3) is 0 Å². The van der Waals surface area contributed by atoms with Crippen molar-refractivity contribution in [2.75, 3.05) is 25.1 Å². The molecular weight excluding hydrogens is 280 g/mol. The Morgan fingerprint density at radius 3 is 2.50 bits per heavy atom. The summed E-state index contributed by atoms with van der Waals surface area (Å²) >= 11 is 0. The molecule has 1 fully saturated rings. The molecule has 0 radical (unpaired) electrons. The molecule has 1 aliphatic heterocycles. The van der Waals surface area contributed by atoms with Gasteiger partial charge in [0, 0.05) is 12.2 Å². The van der Waals surface area contributed by atoms with Crippen LogP contribution in [-0.2, 0) is 9.53 Å². The van der Waals surface area contributed by atoms with Crippen LogP contribution in [0, 0.1) is 0 Å². The van der Waals surface area contributed by atoms with Gasteiger partial charge < -0.3 is 20.1 Å². The Bertz CT molecular complexity index is 608. The van der Waals surface area contributed by atoms with Crippen LogP contribution in [-0.4, -0.2) is 31.7 Å². The second-order valence-corrected chi connectivity index (χ2v) is 5.01. The average Bonchev–Trinajstić information content (AvgIpc) is 2.58. The van der Waals surface area contributed by atoms with Crippen molar-refractivity contribution in [2.24, 2.45) is 0 Å². The molecule has 1 unspecified atom stereocenters. The molecule has 0 bridgehead atoms. The fourth-order valence-corrected chi connectivity index (χ4v) is 2.19. The fourth-order valence-electron chi connectivity index (χ4n) is 2.19. The summed E-state index contributed by atoms with van der Waals surface area (Å²) in [6.45, 7) is 1.75. The Balaban J connectivity index is 1.58. The minimum atomic E-state index is -0.297. The number of carbonyl (C=O) groups is 1. The van der Waals surface area contributed by atoms with Crippen LogP contribution < -0.4 is 15.4 Å². The lowest BCUT2D eigenvalue weighted by Gasteiger charge is -2.22. The first-order chi connectivity index (χ1) is 10.8. The minimum Gasteiger partial charge on any atom is -0.457 e. The highest BCUT2D eigenvalue weighted by Gasteiger charge is 2.20. The molecule has 5 heteroatoms. The number of amides is 1. The van der Waals surface area contributed by atoms with E-state index in [2.05, 4.69) is 10.6 Å². The van der Waals surface area contributed by atoms with E-state index in [1.165, 1.54) is 0 Å². The third-order valence-electron chi connectivity index (χ3n) is 3.34. The van der Waals surface area contributed by atoms with Crippen molar-refractivity contribution in [1.82, 2.24) is 5.32 Å². The van der Waals surface area contributed by atoms with Crippen molar-refractivity contribution in [3.8, 4) is 11.5 Å². The summed E-state index contributed by atoms with van der Waals surface area (Å²) in [5.41, 5.74) is 0.734. The Morgan fingerprint density at radius 2 is 1.82 bits per heavy atom. The minimum absolute atomic E-state index is 0.0866. The van der Waals surface area contributed by atoms with Gasteiger partial charge in [0.2, 0.25) is 5.91 Å². The predicted octanol–water partition coefficient (Wildman–Crippen LogP) is 2.41. The number of rotatable bonds is 4. The van der Waals surface area contributed by atoms with Gasteiger partial charge in [0.15, 0.2) is 0 Å².